The molecule has 3 heterocycles. The number of carbonyl (C=O) groups excluding carboxylic acids is 1. The molecule has 9 heteroatoms. The maximum absolute atomic E-state index is 13.5. The lowest BCUT2D eigenvalue weighted by atomic mass is 10.1. The minimum absolute atomic E-state index is 0.125. The van der Waals surface area contributed by atoms with Crippen molar-refractivity contribution in [1.82, 2.24) is 19.9 Å². The molecule has 4 aromatic rings. The molecule has 0 spiro atoms. The quantitative estimate of drug-likeness (QED) is 0.532. The molecule has 4 rings (SSSR count). The summed E-state index contributed by atoms with van der Waals surface area (Å²) in [5, 5.41) is 3.01. The Kier molecular flexibility index (Phi) is 5.37. The van der Waals surface area contributed by atoms with Crippen molar-refractivity contribution >= 4 is 27.6 Å². The molecule has 6 nitrogen and oxygen atoms in total. The Morgan fingerprint density at radius 1 is 1.17 bits per heavy atom. The number of fused-ring (bicyclic) bond motifs is 1. The first kappa shape index (κ1) is 19.8. The molecular weight excluding hydrogens is 410 g/mol. The van der Waals surface area contributed by atoms with Crippen molar-refractivity contribution in [3.05, 3.63) is 92.5 Å². The Balaban J connectivity index is 1.61. The molecule has 0 bridgehead atoms. The molecule has 0 aliphatic rings. The van der Waals surface area contributed by atoms with Crippen LogP contribution in [-0.4, -0.2) is 20.4 Å². The van der Waals surface area contributed by atoms with Gasteiger partial charge in [-0.15, -0.1) is 0 Å². The van der Waals surface area contributed by atoms with Gasteiger partial charge in [-0.2, -0.15) is 0 Å². The minimum Gasteiger partial charge on any atom is -0.346 e. The third-order valence-corrected chi connectivity index (χ3v) is 5.72. The molecule has 0 saturated heterocycles. The van der Waals surface area contributed by atoms with E-state index in [4.69, 9.17) is 0 Å². The second kappa shape index (κ2) is 8.11. The maximum atomic E-state index is 13.5. The largest absolute Gasteiger partial charge is 0.346 e. The van der Waals surface area contributed by atoms with E-state index in [1.54, 1.807) is 31.6 Å². The van der Waals surface area contributed by atoms with Crippen LogP contribution < -0.4 is 10.9 Å². The number of benzene rings is 1. The highest BCUT2D eigenvalue weighted by molar-refractivity contribution is 7.19. The first-order valence-corrected chi connectivity index (χ1v) is 9.84. The van der Waals surface area contributed by atoms with Gasteiger partial charge in [0.05, 0.1) is 5.52 Å². The van der Waals surface area contributed by atoms with Crippen LogP contribution in [0.1, 0.15) is 26.5 Å². The molecule has 0 atom stereocenters. The molecule has 30 heavy (non-hydrogen) atoms. The van der Waals surface area contributed by atoms with Gasteiger partial charge in [0.25, 0.3) is 11.5 Å². The minimum atomic E-state index is -0.966. The molecule has 0 unspecified atom stereocenters. The zero-order valence-electron chi connectivity index (χ0n) is 15.9. The Bertz CT molecular complexity index is 1300. The number of rotatable bonds is 5. The van der Waals surface area contributed by atoms with Crippen LogP contribution in [0.25, 0.3) is 10.3 Å². The van der Waals surface area contributed by atoms with Gasteiger partial charge < -0.3 is 9.88 Å². The van der Waals surface area contributed by atoms with Gasteiger partial charge >= 0.3 is 0 Å². The van der Waals surface area contributed by atoms with Crippen LogP contribution in [0.4, 0.5) is 8.78 Å². The fourth-order valence-corrected chi connectivity index (χ4v) is 3.97. The van der Waals surface area contributed by atoms with E-state index in [9.17, 15) is 18.4 Å². The zero-order valence-corrected chi connectivity index (χ0v) is 16.7. The van der Waals surface area contributed by atoms with Crippen molar-refractivity contribution in [2.75, 3.05) is 0 Å². The predicted octanol–water partition coefficient (Wildman–Crippen LogP) is 3.19. The summed E-state index contributed by atoms with van der Waals surface area (Å²) >= 11 is 1.12. The predicted molar refractivity (Wildman–Crippen MR) is 109 cm³/mol. The summed E-state index contributed by atoms with van der Waals surface area (Å²) in [7, 11) is 1.59. The van der Waals surface area contributed by atoms with E-state index in [-0.39, 0.29) is 22.9 Å². The van der Waals surface area contributed by atoms with Crippen molar-refractivity contribution in [1.29, 1.82) is 0 Å². The number of halogens is 2. The number of amides is 1. The lowest BCUT2D eigenvalue weighted by Crippen LogP contribution is -2.22. The van der Waals surface area contributed by atoms with Crippen LogP contribution in [0.2, 0.25) is 0 Å². The molecule has 1 amide bonds. The number of nitrogens with one attached hydrogen (secondary N) is 1. The molecule has 1 N–H and O–H groups in total. The lowest BCUT2D eigenvalue weighted by Gasteiger charge is -2.05. The Hall–Kier alpha value is -3.46. The summed E-state index contributed by atoms with van der Waals surface area (Å²) in [6.45, 7) is 0.308. The molecule has 3 aromatic heterocycles. The number of aryl methyl sites for hydroxylation is 1. The summed E-state index contributed by atoms with van der Waals surface area (Å²) in [5.74, 6) is -2.26. The number of nitrogens with zero attached hydrogens (tertiary/aromatic N) is 3. The van der Waals surface area contributed by atoms with Crippen LogP contribution in [0.3, 0.4) is 0 Å². The highest BCUT2D eigenvalue weighted by atomic mass is 32.1. The van der Waals surface area contributed by atoms with Gasteiger partial charge in [0.2, 0.25) is 0 Å². The van der Waals surface area contributed by atoms with E-state index in [2.05, 4.69) is 15.3 Å². The van der Waals surface area contributed by atoms with E-state index < -0.39 is 11.6 Å². The fourth-order valence-electron chi connectivity index (χ4n) is 3.05. The SMILES string of the molecule is Cn1c(=O)c(Cc2ccc(F)c(F)c2)cc2nc(C(=O)NCc3cccnc3)sc21. The van der Waals surface area contributed by atoms with Gasteiger partial charge in [-0.1, -0.05) is 23.5 Å². The Morgan fingerprint density at radius 3 is 2.73 bits per heavy atom. The smallest absolute Gasteiger partial charge is 0.280 e. The second-order valence-corrected chi connectivity index (χ2v) is 7.69. The third-order valence-electron chi connectivity index (χ3n) is 4.58. The number of hydrogen-bond acceptors (Lipinski definition) is 5. The molecule has 152 valence electrons. The van der Waals surface area contributed by atoms with Crippen molar-refractivity contribution < 1.29 is 13.6 Å². The molecule has 0 aliphatic heterocycles. The van der Waals surface area contributed by atoms with E-state index in [1.807, 2.05) is 6.07 Å². The van der Waals surface area contributed by atoms with Gasteiger partial charge in [-0.05, 0) is 35.4 Å². The number of pyridine rings is 2. The average molecular weight is 426 g/mol. The van der Waals surface area contributed by atoms with E-state index >= 15 is 0 Å². The van der Waals surface area contributed by atoms with Crippen LogP contribution >= 0.6 is 11.3 Å². The molecular formula is C21H16F2N4O2S. The van der Waals surface area contributed by atoms with Crippen molar-refractivity contribution in [2.24, 2.45) is 7.05 Å². The molecule has 1 aromatic carbocycles. The highest BCUT2D eigenvalue weighted by Crippen LogP contribution is 2.22. The Morgan fingerprint density at radius 2 is 2.00 bits per heavy atom. The van der Waals surface area contributed by atoms with E-state index in [0.717, 1.165) is 29.0 Å². The Labute approximate surface area is 173 Å². The maximum Gasteiger partial charge on any atom is 0.280 e. The summed E-state index contributed by atoms with van der Waals surface area (Å²) in [6.07, 6.45) is 3.43. The standard InChI is InChI=1S/C21H16F2N4O2S/c1-27-20(29)14(7-12-4-5-15(22)16(23)8-12)9-17-21(27)30-19(26-17)18(28)25-11-13-3-2-6-24-10-13/h2-6,8-10H,7,11H2,1H3,(H,25,28). The summed E-state index contributed by atoms with van der Waals surface area (Å²) in [4.78, 5) is 34.1. The molecule has 0 radical (unpaired) electrons. The summed E-state index contributed by atoms with van der Waals surface area (Å²) < 4.78 is 28.0. The van der Waals surface area contributed by atoms with Gasteiger partial charge in [0.15, 0.2) is 16.6 Å². The van der Waals surface area contributed by atoms with E-state index in [1.165, 1.54) is 10.6 Å². The highest BCUT2D eigenvalue weighted by Gasteiger charge is 2.17. The molecule has 0 saturated carbocycles. The fraction of sp³-hybridized carbons (Fsp3) is 0.143. The number of aromatic nitrogens is 3. The molecule has 0 fully saturated rings. The first-order chi connectivity index (χ1) is 14.4. The number of hydrogen-bond donors (Lipinski definition) is 1. The van der Waals surface area contributed by atoms with Crippen LogP contribution in [0.5, 0.6) is 0 Å². The summed E-state index contributed by atoms with van der Waals surface area (Å²) in [6, 6.07) is 8.75. The zero-order chi connectivity index (χ0) is 21.3. The monoisotopic (exact) mass is 426 g/mol. The lowest BCUT2D eigenvalue weighted by molar-refractivity contribution is 0.0950. The van der Waals surface area contributed by atoms with Crippen LogP contribution in [0, 0.1) is 11.6 Å². The summed E-state index contributed by atoms with van der Waals surface area (Å²) in [5.41, 5.74) is 1.91. The van der Waals surface area contributed by atoms with Crippen molar-refractivity contribution in [3.8, 4) is 0 Å². The normalized spacial score (nSPS) is 11.0. The van der Waals surface area contributed by atoms with Crippen LogP contribution in [-0.2, 0) is 20.0 Å². The van der Waals surface area contributed by atoms with Crippen molar-refractivity contribution in [3.63, 3.8) is 0 Å². The second-order valence-electron chi connectivity index (χ2n) is 6.71. The topological polar surface area (TPSA) is 76.9 Å². The van der Waals surface area contributed by atoms with Crippen molar-refractivity contribution in [2.45, 2.75) is 13.0 Å². The number of thiazole rings is 1. The van der Waals surface area contributed by atoms with Gasteiger partial charge in [-0.25, -0.2) is 13.8 Å². The molecule has 0 aliphatic carbocycles. The van der Waals surface area contributed by atoms with Gasteiger partial charge in [0.1, 0.15) is 4.83 Å². The first-order valence-electron chi connectivity index (χ1n) is 9.03. The van der Waals surface area contributed by atoms with Gasteiger partial charge in [-0.3, -0.25) is 14.6 Å². The van der Waals surface area contributed by atoms with E-state index in [0.29, 0.717) is 28.0 Å². The average Bonchev–Trinajstić information content (AvgIpc) is 3.18. The van der Waals surface area contributed by atoms with Gasteiger partial charge in [0, 0.05) is 38.0 Å². The third kappa shape index (κ3) is 3.97. The number of carbonyl (C=O) groups is 1. The van der Waals surface area contributed by atoms with Crippen LogP contribution in [0.15, 0.2) is 53.6 Å².